The first-order chi connectivity index (χ1) is 8.77. The summed E-state index contributed by atoms with van der Waals surface area (Å²) in [6.07, 6.45) is 3.44. The van der Waals surface area contributed by atoms with E-state index in [-0.39, 0.29) is 12.5 Å². The second-order valence-electron chi connectivity index (χ2n) is 4.72. The number of amides is 1. The molecule has 1 amide bonds. The summed E-state index contributed by atoms with van der Waals surface area (Å²) >= 11 is 0. The van der Waals surface area contributed by atoms with Crippen LogP contribution in [0.25, 0.3) is 0 Å². The van der Waals surface area contributed by atoms with Crippen molar-refractivity contribution in [2.24, 2.45) is 10.7 Å². The van der Waals surface area contributed by atoms with Crippen LogP contribution in [-0.4, -0.2) is 67.6 Å². The van der Waals surface area contributed by atoms with Crippen molar-refractivity contribution in [2.45, 2.75) is 19.3 Å². The zero-order valence-corrected chi connectivity index (χ0v) is 10.8. The van der Waals surface area contributed by atoms with E-state index in [0.717, 1.165) is 39.0 Å². The highest BCUT2D eigenvalue weighted by Crippen LogP contribution is 2.08. The molecule has 0 aromatic rings. The van der Waals surface area contributed by atoms with Crippen molar-refractivity contribution in [2.75, 3.05) is 45.9 Å². The molecule has 0 aromatic carbocycles. The van der Waals surface area contributed by atoms with Gasteiger partial charge < -0.3 is 20.3 Å². The van der Waals surface area contributed by atoms with Crippen molar-refractivity contribution in [1.29, 1.82) is 0 Å². The van der Waals surface area contributed by atoms with Crippen molar-refractivity contribution < 1.29 is 9.53 Å². The van der Waals surface area contributed by atoms with Crippen LogP contribution in [0, 0.1) is 0 Å². The second-order valence-corrected chi connectivity index (χ2v) is 4.72. The van der Waals surface area contributed by atoms with E-state index in [9.17, 15) is 4.79 Å². The minimum Gasteiger partial charge on any atom is -0.378 e. The molecule has 2 saturated heterocycles. The third-order valence-corrected chi connectivity index (χ3v) is 3.42. The normalized spacial score (nSPS) is 22.1. The molecular weight excluding hydrogens is 232 g/mol. The molecule has 6 heteroatoms. The van der Waals surface area contributed by atoms with Crippen LogP contribution in [0.5, 0.6) is 0 Å². The van der Waals surface area contributed by atoms with E-state index in [1.54, 1.807) is 0 Å². The summed E-state index contributed by atoms with van der Waals surface area (Å²) in [7, 11) is 0. The van der Waals surface area contributed by atoms with Crippen molar-refractivity contribution >= 4 is 11.9 Å². The minimum absolute atomic E-state index is 0.0888. The number of morpholine rings is 1. The van der Waals surface area contributed by atoms with Crippen LogP contribution >= 0.6 is 0 Å². The third kappa shape index (κ3) is 3.60. The van der Waals surface area contributed by atoms with Gasteiger partial charge in [-0.05, 0) is 19.3 Å². The number of carbonyl (C=O) groups excluding carboxylic acids is 1. The molecule has 0 saturated carbocycles. The maximum Gasteiger partial charge on any atom is 0.244 e. The fourth-order valence-corrected chi connectivity index (χ4v) is 2.28. The first-order valence-corrected chi connectivity index (χ1v) is 6.68. The zero-order chi connectivity index (χ0) is 12.8. The molecule has 0 atom stereocenters. The van der Waals surface area contributed by atoms with Crippen molar-refractivity contribution in [3.63, 3.8) is 0 Å². The number of nitrogens with zero attached hydrogens (tertiary/aromatic N) is 3. The van der Waals surface area contributed by atoms with Gasteiger partial charge in [0.1, 0.15) is 6.54 Å². The maximum absolute atomic E-state index is 11.9. The van der Waals surface area contributed by atoms with Gasteiger partial charge in [-0.15, -0.1) is 0 Å². The number of guanidine groups is 1. The fraction of sp³-hybridized carbons (Fsp3) is 0.833. The van der Waals surface area contributed by atoms with Crippen LogP contribution in [0.4, 0.5) is 0 Å². The molecule has 2 rings (SSSR count). The Hall–Kier alpha value is -1.30. The lowest BCUT2D eigenvalue weighted by Crippen LogP contribution is -2.45. The minimum atomic E-state index is 0.0888. The number of piperidine rings is 1. The summed E-state index contributed by atoms with van der Waals surface area (Å²) in [6, 6.07) is 0. The van der Waals surface area contributed by atoms with E-state index in [1.807, 2.05) is 9.80 Å². The Morgan fingerprint density at radius 2 is 1.72 bits per heavy atom. The molecule has 0 aliphatic carbocycles. The lowest BCUT2D eigenvalue weighted by atomic mass is 10.1. The first-order valence-electron chi connectivity index (χ1n) is 6.68. The number of hydrogen-bond donors (Lipinski definition) is 1. The largest absolute Gasteiger partial charge is 0.378 e. The Kier molecular flexibility index (Phi) is 4.81. The Bertz CT molecular complexity index is 307. The second kappa shape index (κ2) is 6.58. The van der Waals surface area contributed by atoms with Gasteiger partial charge in [0.05, 0.1) is 13.2 Å². The van der Waals surface area contributed by atoms with Gasteiger partial charge in [0.25, 0.3) is 0 Å². The van der Waals surface area contributed by atoms with Crippen molar-refractivity contribution in [1.82, 2.24) is 9.80 Å². The zero-order valence-electron chi connectivity index (χ0n) is 10.8. The monoisotopic (exact) mass is 254 g/mol. The Labute approximate surface area is 108 Å². The molecule has 0 unspecified atom stereocenters. The highest BCUT2D eigenvalue weighted by Gasteiger charge is 2.17. The molecule has 6 nitrogen and oxygen atoms in total. The SMILES string of the molecule is NC(=NCC(=O)N1CCCCC1)N1CCOCC1. The number of carbonyl (C=O) groups is 1. The average molecular weight is 254 g/mol. The van der Waals surface area contributed by atoms with Gasteiger partial charge in [-0.1, -0.05) is 0 Å². The van der Waals surface area contributed by atoms with Gasteiger partial charge in [-0.25, -0.2) is 4.99 Å². The van der Waals surface area contributed by atoms with Gasteiger partial charge >= 0.3 is 0 Å². The van der Waals surface area contributed by atoms with E-state index in [2.05, 4.69) is 4.99 Å². The Balaban J connectivity index is 1.79. The number of likely N-dealkylation sites (tertiary alicyclic amines) is 1. The molecule has 2 fully saturated rings. The summed E-state index contributed by atoms with van der Waals surface area (Å²) in [4.78, 5) is 20.0. The third-order valence-electron chi connectivity index (χ3n) is 3.42. The van der Waals surface area contributed by atoms with Crippen LogP contribution in [0.1, 0.15) is 19.3 Å². The van der Waals surface area contributed by atoms with Crippen molar-refractivity contribution in [3.05, 3.63) is 0 Å². The maximum atomic E-state index is 11.9. The highest BCUT2D eigenvalue weighted by atomic mass is 16.5. The molecule has 0 bridgehead atoms. The smallest absolute Gasteiger partial charge is 0.244 e. The molecule has 0 radical (unpaired) electrons. The topological polar surface area (TPSA) is 71.2 Å². The van der Waals surface area contributed by atoms with Crippen molar-refractivity contribution in [3.8, 4) is 0 Å². The van der Waals surface area contributed by atoms with E-state index >= 15 is 0 Å². The molecular formula is C12H22N4O2. The van der Waals surface area contributed by atoms with E-state index in [1.165, 1.54) is 6.42 Å². The summed E-state index contributed by atoms with van der Waals surface area (Å²) in [5.74, 6) is 0.551. The molecule has 2 aliphatic rings. The van der Waals surface area contributed by atoms with Gasteiger partial charge in [0.15, 0.2) is 5.96 Å². The Morgan fingerprint density at radius 1 is 1.06 bits per heavy atom. The van der Waals surface area contributed by atoms with Crippen LogP contribution in [0.2, 0.25) is 0 Å². The molecule has 2 N–H and O–H groups in total. The summed E-state index contributed by atoms with van der Waals surface area (Å²) in [5.41, 5.74) is 5.88. The van der Waals surface area contributed by atoms with Crippen LogP contribution in [-0.2, 0) is 9.53 Å². The molecule has 18 heavy (non-hydrogen) atoms. The highest BCUT2D eigenvalue weighted by molar-refractivity contribution is 5.84. The van der Waals surface area contributed by atoms with Gasteiger partial charge in [0.2, 0.25) is 5.91 Å². The standard InChI is InChI=1S/C12H22N4O2/c13-12(16-6-8-18-9-7-16)14-10-11(17)15-4-2-1-3-5-15/h1-10H2,(H2,13,14). The van der Waals surface area contributed by atoms with Gasteiger partial charge in [-0.2, -0.15) is 0 Å². The fourth-order valence-electron chi connectivity index (χ4n) is 2.28. The number of aliphatic imine (C=N–C) groups is 1. The number of hydrogen-bond acceptors (Lipinski definition) is 3. The number of nitrogens with two attached hydrogens (primary N) is 1. The quantitative estimate of drug-likeness (QED) is 0.540. The molecule has 2 aliphatic heterocycles. The Morgan fingerprint density at radius 3 is 2.39 bits per heavy atom. The predicted molar refractivity (Wildman–Crippen MR) is 69.3 cm³/mol. The molecule has 102 valence electrons. The summed E-state index contributed by atoms with van der Waals surface area (Å²) < 4.78 is 5.24. The molecule has 0 spiro atoms. The predicted octanol–water partition coefficient (Wildman–Crippen LogP) is -0.354. The summed E-state index contributed by atoms with van der Waals surface area (Å²) in [5, 5.41) is 0. The van der Waals surface area contributed by atoms with E-state index < -0.39 is 0 Å². The molecule has 2 heterocycles. The van der Waals surface area contributed by atoms with Crippen LogP contribution in [0.3, 0.4) is 0 Å². The van der Waals surface area contributed by atoms with Crippen LogP contribution < -0.4 is 5.73 Å². The number of ether oxygens (including phenoxy) is 1. The van der Waals surface area contributed by atoms with E-state index in [0.29, 0.717) is 19.2 Å². The average Bonchev–Trinajstić information content (AvgIpc) is 2.46. The van der Waals surface area contributed by atoms with Gasteiger partial charge in [0, 0.05) is 26.2 Å². The number of rotatable bonds is 2. The lowest BCUT2D eigenvalue weighted by molar-refractivity contribution is -0.130. The lowest BCUT2D eigenvalue weighted by Gasteiger charge is -2.28. The molecule has 0 aromatic heterocycles. The van der Waals surface area contributed by atoms with Crippen LogP contribution in [0.15, 0.2) is 4.99 Å². The first kappa shape index (κ1) is 13.1. The van der Waals surface area contributed by atoms with E-state index in [4.69, 9.17) is 10.5 Å². The van der Waals surface area contributed by atoms with Gasteiger partial charge in [-0.3, -0.25) is 4.79 Å². The summed E-state index contributed by atoms with van der Waals surface area (Å²) in [6.45, 7) is 4.77.